The van der Waals surface area contributed by atoms with E-state index in [9.17, 15) is 16.8 Å². The molecule has 8 heteroatoms. The van der Waals surface area contributed by atoms with E-state index >= 15 is 0 Å². The highest BCUT2D eigenvalue weighted by Gasteiger charge is 2.40. The van der Waals surface area contributed by atoms with Gasteiger partial charge in [-0.25, -0.2) is 16.8 Å². The van der Waals surface area contributed by atoms with Crippen LogP contribution in [0.5, 0.6) is 0 Å². The van der Waals surface area contributed by atoms with E-state index in [1.807, 2.05) is 7.05 Å². The van der Waals surface area contributed by atoms with Crippen LogP contribution in [-0.2, 0) is 19.9 Å². The Balaban J connectivity index is 2.09. The highest BCUT2D eigenvalue weighted by molar-refractivity contribution is 7.92. The maximum Gasteiger partial charge on any atom is 0.217 e. The number of sulfonamides is 1. The van der Waals surface area contributed by atoms with Crippen LogP contribution in [0, 0.1) is 0 Å². The molecule has 2 fully saturated rings. The third kappa shape index (κ3) is 4.18. The zero-order valence-electron chi connectivity index (χ0n) is 12.6. The molecule has 0 aromatic heterocycles. The summed E-state index contributed by atoms with van der Waals surface area (Å²) in [6.07, 6.45) is 4.20. The number of piperidine rings is 1. The molecule has 6 nitrogen and oxygen atoms in total. The Kier molecular flexibility index (Phi) is 5.67. The smallest absolute Gasteiger partial charge is 0.217 e. The molecule has 1 N–H and O–H groups in total. The first-order chi connectivity index (χ1) is 9.87. The van der Waals surface area contributed by atoms with Gasteiger partial charge in [-0.1, -0.05) is 6.42 Å². The first-order valence-electron chi connectivity index (χ1n) is 7.72. The minimum absolute atomic E-state index is 0.00587. The quantitative estimate of drug-likeness (QED) is 0.782. The van der Waals surface area contributed by atoms with E-state index < -0.39 is 25.1 Å². The monoisotopic (exact) mass is 338 g/mol. The number of rotatable bonds is 5. The van der Waals surface area contributed by atoms with E-state index in [1.165, 1.54) is 0 Å². The molecule has 0 spiro atoms. The molecule has 0 saturated carbocycles. The van der Waals surface area contributed by atoms with E-state index in [4.69, 9.17) is 0 Å². The van der Waals surface area contributed by atoms with Gasteiger partial charge in [0, 0.05) is 12.6 Å². The maximum atomic E-state index is 12.8. The van der Waals surface area contributed by atoms with Crippen LogP contribution in [0.15, 0.2) is 0 Å². The fourth-order valence-corrected chi connectivity index (χ4v) is 7.28. The molecule has 2 aliphatic heterocycles. The summed E-state index contributed by atoms with van der Waals surface area (Å²) in [4.78, 5) is 0. The SMILES string of the molecule is CNCCC1CCCCN1S(=O)(=O)C1CCS(=O)(=O)CC1. The van der Waals surface area contributed by atoms with Crippen LogP contribution in [0.25, 0.3) is 0 Å². The molecule has 0 amide bonds. The van der Waals surface area contributed by atoms with Crippen molar-refractivity contribution in [1.82, 2.24) is 9.62 Å². The number of hydrogen-bond donors (Lipinski definition) is 1. The van der Waals surface area contributed by atoms with Crippen LogP contribution in [0.2, 0.25) is 0 Å². The van der Waals surface area contributed by atoms with Gasteiger partial charge in [0.2, 0.25) is 10.0 Å². The number of nitrogens with zero attached hydrogens (tertiary/aromatic N) is 1. The first-order valence-corrected chi connectivity index (χ1v) is 11.0. The summed E-state index contributed by atoms with van der Waals surface area (Å²) in [7, 11) is -4.53. The average molecular weight is 338 g/mol. The normalized spacial score (nSPS) is 28.5. The second kappa shape index (κ2) is 6.93. The Morgan fingerprint density at radius 2 is 1.81 bits per heavy atom. The molecule has 21 heavy (non-hydrogen) atoms. The predicted octanol–water partition coefficient (Wildman–Crippen LogP) is 0.357. The second-order valence-electron chi connectivity index (χ2n) is 6.05. The van der Waals surface area contributed by atoms with Crippen molar-refractivity contribution in [2.75, 3.05) is 31.6 Å². The third-order valence-corrected chi connectivity index (χ3v) is 8.71. The summed E-state index contributed by atoms with van der Waals surface area (Å²) in [5.74, 6) is 0.0117. The van der Waals surface area contributed by atoms with E-state index in [-0.39, 0.29) is 30.4 Å². The Bertz CT molecular complexity index is 531. The summed E-state index contributed by atoms with van der Waals surface area (Å²) in [6.45, 7) is 1.38. The summed E-state index contributed by atoms with van der Waals surface area (Å²) in [6, 6.07) is 0.0646. The molecule has 0 aromatic rings. The van der Waals surface area contributed by atoms with Gasteiger partial charge in [0.15, 0.2) is 0 Å². The van der Waals surface area contributed by atoms with Gasteiger partial charge in [0.25, 0.3) is 0 Å². The zero-order valence-corrected chi connectivity index (χ0v) is 14.3. The van der Waals surface area contributed by atoms with Crippen molar-refractivity contribution >= 4 is 19.9 Å². The van der Waals surface area contributed by atoms with E-state index in [2.05, 4.69) is 5.32 Å². The fraction of sp³-hybridized carbons (Fsp3) is 1.00. The Labute approximate surface area is 128 Å². The van der Waals surface area contributed by atoms with E-state index in [0.717, 1.165) is 32.2 Å². The molecule has 2 saturated heterocycles. The van der Waals surface area contributed by atoms with Gasteiger partial charge in [-0.05, 0) is 45.7 Å². The molecule has 2 rings (SSSR count). The van der Waals surface area contributed by atoms with Crippen molar-refractivity contribution in [3.63, 3.8) is 0 Å². The first kappa shape index (κ1) is 17.2. The second-order valence-corrected chi connectivity index (χ2v) is 10.5. The molecule has 0 aliphatic carbocycles. The average Bonchev–Trinajstić information content (AvgIpc) is 2.45. The molecule has 2 heterocycles. The minimum Gasteiger partial charge on any atom is -0.320 e. The van der Waals surface area contributed by atoms with Crippen molar-refractivity contribution in [1.29, 1.82) is 0 Å². The molecular formula is C13H26N2O4S2. The van der Waals surface area contributed by atoms with E-state index in [0.29, 0.717) is 6.54 Å². The largest absolute Gasteiger partial charge is 0.320 e. The number of nitrogens with one attached hydrogen (secondary N) is 1. The summed E-state index contributed by atoms with van der Waals surface area (Å²) in [5, 5.41) is 2.56. The third-order valence-electron chi connectivity index (χ3n) is 4.55. The topological polar surface area (TPSA) is 83.6 Å². The van der Waals surface area contributed by atoms with Crippen molar-refractivity contribution in [2.45, 2.75) is 49.8 Å². The van der Waals surface area contributed by atoms with Gasteiger partial charge in [0.1, 0.15) is 9.84 Å². The lowest BCUT2D eigenvalue weighted by Crippen LogP contribution is -2.50. The van der Waals surface area contributed by atoms with Gasteiger partial charge >= 0.3 is 0 Å². The molecule has 2 aliphatic rings. The lowest BCUT2D eigenvalue weighted by molar-refractivity contribution is 0.237. The molecule has 0 bridgehead atoms. The lowest BCUT2D eigenvalue weighted by atomic mass is 10.0. The van der Waals surface area contributed by atoms with Crippen molar-refractivity contribution in [3.05, 3.63) is 0 Å². The van der Waals surface area contributed by atoms with Gasteiger partial charge in [0.05, 0.1) is 16.8 Å². The van der Waals surface area contributed by atoms with Gasteiger partial charge in [-0.2, -0.15) is 4.31 Å². The summed E-state index contributed by atoms with van der Waals surface area (Å²) < 4.78 is 50.3. The molecule has 0 radical (unpaired) electrons. The highest BCUT2D eigenvalue weighted by atomic mass is 32.2. The predicted molar refractivity (Wildman–Crippen MR) is 83.5 cm³/mol. The fourth-order valence-electron chi connectivity index (χ4n) is 3.27. The lowest BCUT2D eigenvalue weighted by Gasteiger charge is -2.38. The molecule has 124 valence electrons. The maximum absolute atomic E-state index is 12.8. The Morgan fingerprint density at radius 3 is 2.43 bits per heavy atom. The number of sulfone groups is 1. The van der Waals surface area contributed by atoms with Crippen LogP contribution in [0.3, 0.4) is 0 Å². The summed E-state index contributed by atoms with van der Waals surface area (Å²) >= 11 is 0. The molecule has 1 unspecified atom stereocenters. The number of hydrogen-bond acceptors (Lipinski definition) is 5. The Hall–Kier alpha value is -0.180. The van der Waals surface area contributed by atoms with Crippen molar-refractivity contribution in [2.24, 2.45) is 0 Å². The highest BCUT2D eigenvalue weighted by Crippen LogP contribution is 2.29. The molecule has 1 atom stereocenters. The molecule has 0 aromatic carbocycles. The minimum atomic E-state index is -3.37. The van der Waals surface area contributed by atoms with E-state index in [1.54, 1.807) is 4.31 Å². The van der Waals surface area contributed by atoms with Crippen molar-refractivity contribution < 1.29 is 16.8 Å². The van der Waals surface area contributed by atoms with Crippen LogP contribution >= 0.6 is 0 Å². The van der Waals surface area contributed by atoms with Gasteiger partial charge < -0.3 is 5.32 Å². The van der Waals surface area contributed by atoms with Crippen molar-refractivity contribution in [3.8, 4) is 0 Å². The standard InChI is InChI=1S/C13H26N2O4S2/c1-14-8-5-12-4-2-3-9-15(12)21(18,19)13-6-10-20(16,17)11-7-13/h12-14H,2-11H2,1H3. The molecular weight excluding hydrogens is 312 g/mol. The zero-order chi connectivity index (χ0) is 15.5. The van der Waals surface area contributed by atoms with Gasteiger partial charge in [-0.3, -0.25) is 0 Å². The van der Waals surface area contributed by atoms with Crippen LogP contribution < -0.4 is 5.32 Å². The van der Waals surface area contributed by atoms with Gasteiger partial charge in [-0.15, -0.1) is 0 Å². The summed E-state index contributed by atoms with van der Waals surface area (Å²) in [5.41, 5.74) is 0. The van der Waals surface area contributed by atoms with Crippen LogP contribution in [-0.4, -0.2) is 64.1 Å². The van der Waals surface area contributed by atoms with Crippen LogP contribution in [0.4, 0.5) is 0 Å². The van der Waals surface area contributed by atoms with Crippen LogP contribution in [0.1, 0.15) is 38.5 Å². The Morgan fingerprint density at radius 1 is 1.14 bits per heavy atom.